The highest BCUT2D eigenvalue weighted by atomic mass is 16.5. The molecular formula is C12H25NO3. The second-order valence-electron chi connectivity index (χ2n) is 4.07. The Bertz CT molecular complexity index is 158. The van der Waals surface area contributed by atoms with Crippen LogP contribution >= 0.6 is 0 Å². The standard InChI is InChI=1S/C11H21NO2.CH4O/c12-10(9-13)5-2-1-3-6-11-7-4-8-14-11;1-2/h9-11H,1-8,12H2;2H,1H3. The molecule has 1 saturated heterocycles. The van der Waals surface area contributed by atoms with Gasteiger partial charge in [0.15, 0.2) is 0 Å². The molecule has 0 aromatic heterocycles. The lowest BCUT2D eigenvalue weighted by Gasteiger charge is -2.08. The fourth-order valence-corrected chi connectivity index (χ4v) is 1.87. The van der Waals surface area contributed by atoms with Crippen molar-refractivity contribution in [2.75, 3.05) is 13.7 Å². The number of rotatable bonds is 7. The van der Waals surface area contributed by atoms with Crippen LogP contribution in [0, 0.1) is 0 Å². The zero-order valence-corrected chi connectivity index (χ0v) is 10.2. The van der Waals surface area contributed by atoms with Gasteiger partial charge in [0.1, 0.15) is 6.29 Å². The molecule has 1 heterocycles. The first-order chi connectivity index (χ1) is 7.83. The lowest BCUT2D eigenvalue weighted by Crippen LogP contribution is -2.20. The number of ether oxygens (including phenoxy) is 1. The van der Waals surface area contributed by atoms with Crippen molar-refractivity contribution in [2.24, 2.45) is 5.73 Å². The number of aliphatic hydroxyl groups excluding tert-OH is 1. The molecule has 3 N–H and O–H groups in total. The van der Waals surface area contributed by atoms with E-state index in [1.807, 2.05) is 0 Å². The van der Waals surface area contributed by atoms with Gasteiger partial charge in [0, 0.05) is 13.7 Å². The fraction of sp³-hybridized carbons (Fsp3) is 0.917. The molecule has 0 aromatic carbocycles. The second-order valence-corrected chi connectivity index (χ2v) is 4.07. The molecule has 1 aliphatic rings. The number of nitrogens with two attached hydrogens (primary N) is 1. The third-order valence-corrected chi connectivity index (χ3v) is 2.76. The highest BCUT2D eigenvalue weighted by Gasteiger charge is 2.14. The molecule has 0 spiro atoms. The Morgan fingerprint density at radius 2 is 2.19 bits per heavy atom. The molecule has 0 aromatic rings. The fourth-order valence-electron chi connectivity index (χ4n) is 1.87. The van der Waals surface area contributed by atoms with Gasteiger partial charge in [-0.3, -0.25) is 0 Å². The summed E-state index contributed by atoms with van der Waals surface area (Å²) >= 11 is 0. The van der Waals surface area contributed by atoms with Crippen molar-refractivity contribution < 1.29 is 14.6 Å². The molecule has 0 saturated carbocycles. The Morgan fingerprint density at radius 3 is 2.75 bits per heavy atom. The number of aliphatic hydroxyl groups is 1. The maximum Gasteiger partial charge on any atom is 0.136 e. The summed E-state index contributed by atoms with van der Waals surface area (Å²) in [6.07, 6.45) is 9.24. The zero-order valence-electron chi connectivity index (χ0n) is 10.2. The Balaban J connectivity index is 0.00000106. The predicted molar refractivity (Wildman–Crippen MR) is 64.2 cm³/mol. The van der Waals surface area contributed by atoms with Crippen LogP contribution in [0.4, 0.5) is 0 Å². The summed E-state index contributed by atoms with van der Waals surface area (Å²) in [5.74, 6) is 0. The first-order valence-corrected chi connectivity index (χ1v) is 6.10. The highest BCUT2D eigenvalue weighted by Crippen LogP contribution is 2.18. The van der Waals surface area contributed by atoms with E-state index in [1.54, 1.807) is 0 Å². The lowest BCUT2D eigenvalue weighted by molar-refractivity contribution is -0.109. The average Bonchev–Trinajstić information content (AvgIpc) is 2.84. The molecule has 16 heavy (non-hydrogen) atoms. The quantitative estimate of drug-likeness (QED) is 0.511. The predicted octanol–water partition coefficient (Wildman–Crippen LogP) is 1.25. The molecular weight excluding hydrogens is 206 g/mol. The van der Waals surface area contributed by atoms with E-state index < -0.39 is 0 Å². The van der Waals surface area contributed by atoms with Gasteiger partial charge in [0.25, 0.3) is 0 Å². The number of hydrogen-bond acceptors (Lipinski definition) is 4. The zero-order chi connectivity index (χ0) is 12.2. The van der Waals surface area contributed by atoms with E-state index in [2.05, 4.69) is 0 Å². The van der Waals surface area contributed by atoms with Crippen LogP contribution in [0.25, 0.3) is 0 Å². The summed E-state index contributed by atoms with van der Waals surface area (Å²) in [5, 5.41) is 7.00. The van der Waals surface area contributed by atoms with E-state index in [4.69, 9.17) is 15.6 Å². The summed E-state index contributed by atoms with van der Waals surface area (Å²) in [7, 11) is 1.00. The van der Waals surface area contributed by atoms with Crippen molar-refractivity contribution in [1.82, 2.24) is 0 Å². The summed E-state index contributed by atoms with van der Waals surface area (Å²) in [4.78, 5) is 10.2. The molecule has 4 heteroatoms. The van der Waals surface area contributed by atoms with Crippen LogP contribution in [-0.4, -0.2) is 37.3 Å². The third kappa shape index (κ3) is 7.79. The first-order valence-electron chi connectivity index (χ1n) is 6.10. The molecule has 0 amide bonds. The SMILES string of the molecule is CO.NC(C=O)CCCCCC1CCCO1. The van der Waals surface area contributed by atoms with Gasteiger partial charge in [-0.1, -0.05) is 19.3 Å². The van der Waals surface area contributed by atoms with Gasteiger partial charge in [0.05, 0.1) is 12.1 Å². The molecule has 4 nitrogen and oxygen atoms in total. The minimum atomic E-state index is -0.252. The average molecular weight is 231 g/mol. The Labute approximate surface area is 98.2 Å². The highest BCUT2D eigenvalue weighted by molar-refractivity contribution is 5.56. The van der Waals surface area contributed by atoms with E-state index in [-0.39, 0.29) is 6.04 Å². The Kier molecular flexibility index (Phi) is 10.7. The molecule has 1 fully saturated rings. The number of unbranched alkanes of at least 4 members (excludes halogenated alkanes) is 2. The van der Waals surface area contributed by atoms with Gasteiger partial charge in [0.2, 0.25) is 0 Å². The Hall–Kier alpha value is -0.450. The number of hydrogen-bond donors (Lipinski definition) is 2. The van der Waals surface area contributed by atoms with E-state index in [0.717, 1.165) is 32.8 Å². The van der Waals surface area contributed by atoms with Crippen molar-refractivity contribution in [3.63, 3.8) is 0 Å². The van der Waals surface area contributed by atoms with Crippen molar-refractivity contribution in [3.8, 4) is 0 Å². The summed E-state index contributed by atoms with van der Waals surface area (Å²) < 4.78 is 5.52. The molecule has 0 bridgehead atoms. The van der Waals surface area contributed by atoms with Crippen LogP contribution in [0.5, 0.6) is 0 Å². The summed E-state index contributed by atoms with van der Waals surface area (Å²) in [5.41, 5.74) is 5.48. The van der Waals surface area contributed by atoms with Crippen LogP contribution in [0.3, 0.4) is 0 Å². The topological polar surface area (TPSA) is 72.5 Å². The van der Waals surface area contributed by atoms with Gasteiger partial charge in [-0.25, -0.2) is 0 Å². The van der Waals surface area contributed by atoms with E-state index >= 15 is 0 Å². The van der Waals surface area contributed by atoms with Gasteiger partial charge in [-0.15, -0.1) is 0 Å². The van der Waals surface area contributed by atoms with Crippen molar-refractivity contribution >= 4 is 6.29 Å². The summed E-state index contributed by atoms with van der Waals surface area (Å²) in [6, 6.07) is -0.252. The number of carbonyl (C=O) groups is 1. The molecule has 0 radical (unpaired) electrons. The second kappa shape index (κ2) is 11.0. The van der Waals surface area contributed by atoms with Crippen LogP contribution < -0.4 is 5.73 Å². The molecule has 0 aliphatic carbocycles. The number of carbonyl (C=O) groups excluding carboxylic acids is 1. The van der Waals surface area contributed by atoms with Crippen molar-refractivity contribution in [2.45, 2.75) is 57.1 Å². The molecule has 96 valence electrons. The van der Waals surface area contributed by atoms with Crippen LogP contribution in [-0.2, 0) is 9.53 Å². The van der Waals surface area contributed by atoms with Gasteiger partial charge in [-0.2, -0.15) is 0 Å². The van der Waals surface area contributed by atoms with Crippen molar-refractivity contribution in [1.29, 1.82) is 0 Å². The van der Waals surface area contributed by atoms with Gasteiger partial charge in [-0.05, 0) is 25.7 Å². The lowest BCUT2D eigenvalue weighted by atomic mass is 10.1. The minimum absolute atomic E-state index is 0.252. The van der Waals surface area contributed by atoms with E-state index in [9.17, 15) is 4.79 Å². The van der Waals surface area contributed by atoms with Gasteiger partial charge >= 0.3 is 0 Å². The van der Waals surface area contributed by atoms with E-state index in [1.165, 1.54) is 32.1 Å². The normalized spacial score (nSPS) is 21.1. The Morgan fingerprint density at radius 1 is 1.44 bits per heavy atom. The molecule has 1 aliphatic heterocycles. The van der Waals surface area contributed by atoms with Gasteiger partial charge < -0.3 is 20.4 Å². The monoisotopic (exact) mass is 231 g/mol. The summed E-state index contributed by atoms with van der Waals surface area (Å²) in [6.45, 7) is 0.945. The molecule has 1 rings (SSSR count). The van der Waals surface area contributed by atoms with Crippen molar-refractivity contribution in [3.05, 3.63) is 0 Å². The van der Waals surface area contributed by atoms with Crippen LogP contribution in [0.2, 0.25) is 0 Å². The maximum absolute atomic E-state index is 10.2. The smallest absolute Gasteiger partial charge is 0.136 e. The largest absolute Gasteiger partial charge is 0.400 e. The van der Waals surface area contributed by atoms with Crippen LogP contribution in [0.1, 0.15) is 44.9 Å². The third-order valence-electron chi connectivity index (χ3n) is 2.76. The first kappa shape index (κ1) is 15.6. The van der Waals surface area contributed by atoms with E-state index in [0.29, 0.717) is 6.10 Å². The number of aldehydes is 1. The molecule has 2 atom stereocenters. The minimum Gasteiger partial charge on any atom is -0.400 e. The molecule has 2 unspecified atom stereocenters. The maximum atomic E-state index is 10.2. The van der Waals surface area contributed by atoms with Crippen LogP contribution in [0.15, 0.2) is 0 Å².